The van der Waals surface area contributed by atoms with Crippen LogP contribution in [0.2, 0.25) is 0 Å². The van der Waals surface area contributed by atoms with Gasteiger partial charge in [0.05, 0.1) is 34.0 Å². The number of halogens is 1. The molecular formula is C30H30BrN3O5S. The van der Waals surface area contributed by atoms with Crippen LogP contribution in [0.25, 0.3) is 16.8 Å². The van der Waals surface area contributed by atoms with E-state index >= 15 is 0 Å². The van der Waals surface area contributed by atoms with Gasteiger partial charge < -0.3 is 18.8 Å². The minimum absolute atomic E-state index is 0.202. The van der Waals surface area contributed by atoms with E-state index in [1.807, 2.05) is 68.4 Å². The molecule has 4 aromatic rings. The molecule has 10 heteroatoms. The van der Waals surface area contributed by atoms with E-state index in [4.69, 9.17) is 18.9 Å². The molecule has 1 aliphatic rings. The Labute approximate surface area is 244 Å². The molecule has 0 saturated carbocycles. The smallest absolute Gasteiger partial charge is 0.338 e. The molecule has 2 aromatic carbocycles. The van der Waals surface area contributed by atoms with Gasteiger partial charge in [0.2, 0.25) is 5.88 Å². The average Bonchev–Trinajstić information content (AvgIpc) is 3.46. The molecule has 0 N–H and O–H groups in total. The second-order valence-corrected chi connectivity index (χ2v) is 11.4. The molecule has 3 heterocycles. The number of rotatable bonds is 8. The van der Waals surface area contributed by atoms with Crippen LogP contribution in [0.4, 0.5) is 5.88 Å². The van der Waals surface area contributed by atoms with Crippen molar-refractivity contribution in [3.05, 3.63) is 89.2 Å². The summed E-state index contributed by atoms with van der Waals surface area (Å²) in [6.07, 6.45) is 3.04. The SMILES string of the molecule is CCCC1=C(C(=O)OCC)[C@H](c2c(OC)ccc3ccccc23)n2c(s/c(=C/c3cc(Br)c(N(C)C)o3)c2=O)=N1. The molecule has 0 aliphatic carbocycles. The van der Waals surface area contributed by atoms with Crippen molar-refractivity contribution in [1.29, 1.82) is 0 Å². The number of furan rings is 1. The Morgan fingerprint density at radius 3 is 2.67 bits per heavy atom. The molecule has 0 fully saturated rings. The quantitative estimate of drug-likeness (QED) is 0.252. The van der Waals surface area contributed by atoms with Crippen molar-refractivity contribution in [3.8, 4) is 5.75 Å². The van der Waals surface area contributed by atoms with E-state index in [-0.39, 0.29) is 12.2 Å². The number of carbonyl (C=O) groups excluding carboxylic acids is 1. The lowest BCUT2D eigenvalue weighted by Crippen LogP contribution is -2.40. The Morgan fingerprint density at radius 1 is 1.23 bits per heavy atom. The number of nitrogens with zero attached hydrogens (tertiary/aromatic N) is 3. The average molecular weight is 625 g/mol. The Bertz CT molecular complexity index is 1810. The van der Waals surface area contributed by atoms with Gasteiger partial charge in [-0.15, -0.1) is 0 Å². The van der Waals surface area contributed by atoms with Gasteiger partial charge in [-0.2, -0.15) is 0 Å². The van der Waals surface area contributed by atoms with Crippen LogP contribution < -0.4 is 24.5 Å². The summed E-state index contributed by atoms with van der Waals surface area (Å²) in [5.41, 5.74) is 1.41. The molecule has 1 atom stereocenters. The second-order valence-electron chi connectivity index (χ2n) is 9.51. The zero-order chi connectivity index (χ0) is 28.6. The molecule has 208 valence electrons. The van der Waals surface area contributed by atoms with Crippen molar-refractivity contribution in [3.63, 3.8) is 0 Å². The highest BCUT2D eigenvalue weighted by Crippen LogP contribution is 2.41. The summed E-state index contributed by atoms with van der Waals surface area (Å²) >= 11 is 4.79. The minimum Gasteiger partial charge on any atom is -0.496 e. The van der Waals surface area contributed by atoms with Gasteiger partial charge >= 0.3 is 5.97 Å². The van der Waals surface area contributed by atoms with Gasteiger partial charge in [-0.05, 0) is 46.1 Å². The van der Waals surface area contributed by atoms with E-state index in [9.17, 15) is 9.59 Å². The van der Waals surface area contributed by atoms with Gasteiger partial charge in [0.15, 0.2) is 4.80 Å². The summed E-state index contributed by atoms with van der Waals surface area (Å²) in [5.74, 6) is 1.25. The number of esters is 1. The zero-order valence-corrected chi connectivity index (χ0v) is 25.4. The first kappa shape index (κ1) is 27.9. The number of benzene rings is 2. The van der Waals surface area contributed by atoms with Crippen LogP contribution in [0.15, 0.2) is 72.4 Å². The lowest BCUT2D eigenvalue weighted by molar-refractivity contribution is -0.139. The number of anilines is 1. The fraction of sp³-hybridized carbons (Fsp3) is 0.300. The van der Waals surface area contributed by atoms with E-state index in [1.165, 1.54) is 11.3 Å². The van der Waals surface area contributed by atoms with Gasteiger partial charge in [-0.3, -0.25) is 9.36 Å². The number of thiazole rings is 1. The molecule has 2 aromatic heterocycles. The highest BCUT2D eigenvalue weighted by atomic mass is 79.9. The standard InChI is InChI=1S/C30H30BrN3O5S/c1-6-10-21-25(29(36)38-7-2)26(24-19-12-9-8-11-17(19)13-14-22(24)37-5)34-27(35)23(40-30(34)32-21)16-18-15-20(31)28(39-18)33(3)4/h8-9,11-16,26H,6-7,10H2,1-5H3/b23-16+/t26-/m0/s1. The number of hydrogen-bond donors (Lipinski definition) is 0. The molecule has 5 rings (SSSR count). The Morgan fingerprint density at radius 2 is 2.00 bits per heavy atom. The number of hydrogen-bond acceptors (Lipinski definition) is 8. The molecule has 0 bridgehead atoms. The Hall–Kier alpha value is -3.63. The molecule has 0 radical (unpaired) electrons. The molecule has 8 nitrogen and oxygen atoms in total. The van der Waals surface area contributed by atoms with E-state index < -0.39 is 12.0 Å². The van der Waals surface area contributed by atoms with Crippen molar-refractivity contribution in [1.82, 2.24) is 4.57 Å². The van der Waals surface area contributed by atoms with E-state index in [2.05, 4.69) is 15.9 Å². The van der Waals surface area contributed by atoms with Gasteiger partial charge in [0.25, 0.3) is 5.56 Å². The highest BCUT2D eigenvalue weighted by Gasteiger charge is 2.37. The third-order valence-electron chi connectivity index (χ3n) is 6.68. The fourth-order valence-electron chi connectivity index (χ4n) is 5.01. The first-order valence-corrected chi connectivity index (χ1v) is 14.6. The van der Waals surface area contributed by atoms with Crippen molar-refractivity contribution < 1.29 is 18.7 Å². The number of carbonyl (C=O) groups is 1. The van der Waals surface area contributed by atoms with Crippen LogP contribution in [0.3, 0.4) is 0 Å². The summed E-state index contributed by atoms with van der Waals surface area (Å²) in [6.45, 7) is 4.00. The van der Waals surface area contributed by atoms with Crippen LogP contribution >= 0.6 is 27.3 Å². The third kappa shape index (κ3) is 4.90. The third-order valence-corrected chi connectivity index (χ3v) is 8.23. The molecule has 1 aliphatic heterocycles. The first-order chi connectivity index (χ1) is 19.3. The van der Waals surface area contributed by atoms with Crippen LogP contribution in [0.1, 0.15) is 44.1 Å². The monoisotopic (exact) mass is 623 g/mol. The van der Waals surface area contributed by atoms with Crippen LogP contribution in [-0.2, 0) is 9.53 Å². The lowest BCUT2D eigenvalue weighted by Gasteiger charge is -2.28. The van der Waals surface area contributed by atoms with E-state index in [0.717, 1.165) is 27.2 Å². The fourth-order valence-corrected chi connectivity index (χ4v) is 6.67. The van der Waals surface area contributed by atoms with Crippen molar-refractivity contribution in [2.45, 2.75) is 32.7 Å². The summed E-state index contributed by atoms with van der Waals surface area (Å²) < 4.78 is 20.2. The van der Waals surface area contributed by atoms with Gasteiger partial charge in [-0.25, -0.2) is 9.79 Å². The molecular weight excluding hydrogens is 594 g/mol. The van der Waals surface area contributed by atoms with E-state index in [1.54, 1.807) is 24.7 Å². The summed E-state index contributed by atoms with van der Waals surface area (Å²) in [6, 6.07) is 12.8. The number of aromatic nitrogens is 1. The minimum atomic E-state index is -0.791. The van der Waals surface area contributed by atoms with Gasteiger partial charge in [-0.1, -0.05) is 55.0 Å². The topological polar surface area (TPSA) is 86.3 Å². The highest BCUT2D eigenvalue weighted by molar-refractivity contribution is 9.10. The van der Waals surface area contributed by atoms with E-state index in [0.29, 0.717) is 44.4 Å². The summed E-state index contributed by atoms with van der Waals surface area (Å²) in [5, 5.41) is 1.85. The summed E-state index contributed by atoms with van der Waals surface area (Å²) in [4.78, 5) is 35.0. The largest absolute Gasteiger partial charge is 0.496 e. The van der Waals surface area contributed by atoms with Gasteiger partial charge in [0.1, 0.15) is 17.6 Å². The van der Waals surface area contributed by atoms with Crippen LogP contribution in [0, 0.1) is 0 Å². The van der Waals surface area contributed by atoms with Crippen molar-refractivity contribution >= 4 is 56.0 Å². The number of allylic oxidation sites excluding steroid dienone is 1. The molecule has 0 spiro atoms. The molecule has 0 saturated heterocycles. The first-order valence-electron chi connectivity index (χ1n) is 13.0. The van der Waals surface area contributed by atoms with Crippen molar-refractivity contribution in [2.24, 2.45) is 4.99 Å². The maximum Gasteiger partial charge on any atom is 0.338 e. The second kappa shape index (κ2) is 11.5. The summed E-state index contributed by atoms with van der Waals surface area (Å²) in [7, 11) is 5.35. The normalized spacial score (nSPS) is 15.2. The molecule has 0 amide bonds. The Kier molecular flexibility index (Phi) is 8.00. The lowest BCUT2D eigenvalue weighted by atomic mass is 9.90. The van der Waals surface area contributed by atoms with Crippen LogP contribution in [-0.4, -0.2) is 38.3 Å². The maximum atomic E-state index is 14.2. The number of fused-ring (bicyclic) bond motifs is 2. The predicted molar refractivity (Wildman–Crippen MR) is 161 cm³/mol. The molecule has 40 heavy (non-hydrogen) atoms. The Balaban J connectivity index is 1.85. The number of ether oxygens (including phenoxy) is 2. The zero-order valence-electron chi connectivity index (χ0n) is 23.0. The predicted octanol–water partition coefficient (Wildman–Crippen LogP) is 5.16. The number of methoxy groups -OCH3 is 1. The van der Waals surface area contributed by atoms with Crippen LogP contribution in [0.5, 0.6) is 5.75 Å². The maximum absolute atomic E-state index is 14.2. The van der Waals surface area contributed by atoms with Gasteiger partial charge in [0, 0.05) is 31.8 Å². The van der Waals surface area contributed by atoms with Crippen molar-refractivity contribution in [2.75, 3.05) is 32.7 Å². The molecule has 0 unspecified atom stereocenters.